The van der Waals surface area contributed by atoms with Gasteiger partial charge in [-0.1, -0.05) is 152 Å². The van der Waals surface area contributed by atoms with Crippen LogP contribution in [-0.2, 0) is 81.4 Å². The molecule has 0 spiro atoms. The lowest BCUT2D eigenvalue weighted by Crippen LogP contribution is -2.10. The number of aliphatic hydroxyl groups excluding tert-OH is 1. The zero-order valence-corrected chi connectivity index (χ0v) is 80.9. The highest BCUT2D eigenvalue weighted by Gasteiger charge is 2.29. The molecular formula is C112H120F6O20. The maximum Gasteiger partial charge on any atom is 0.310 e. The molecule has 1 aliphatic rings. The van der Waals surface area contributed by atoms with Gasteiger partial charge >= 0.3 is 35.8 Å². The SMILES string of the molecule is CCC(=O)Oc1cccc(C)c1COc1ccc(C)c(F)c1.CCC(=O)Oc1cccc(C)c1COc1ccc(C)c(F)c1.CCC(=O)Oc1cccc(C2CC2)c1COc1ccc(C)c(F)c1.CCC(=O)Oc1cccc(CC)c1COc1ccc(C)c(F)c1.CCC(=O)Oc1cccc(CO)c1COc1ccc(C)c(F)c1.CCOc1cccc(OC(=O)CC)c1COc1ccc(C)c(F)c1. The molecule has 0 bridgehead atoms. The summed E-state index contributed by atoms with van der Waals surface area (Å²) in [5.74, 6) is 2.64. The Hall–Kier alpha value is -14.4. The van der Waals surface area contributed by atoms with Crippen molar-refractivity contribution in [1.82, 2.24) is 0 Å². The quantitative estimate of drug-likeness (QED) is 0.0220. The summed E-state index contributed by atoms with van der Waals surface area (Å²) >= 11 is 0. The summed E-state index contributed by atoms with van der Waals surface area (Å²) in [6, 6.07) is 60.8. The molecule has 0 radical (unpaired) electrons. The number of aliphatic hydroxyl groups is 1. The lowest BCUT2D eigenvalue weighted by atomic mass is 10.0. The molecule has 1 N–H and O–H groups in total. The van der Waals surface area contributed by atoms with E-state index in [-0.39, 0.29) is 130 Å². The van der Waals surface area contributed by atoms with E-state index in [0.29, 0.717) is 163 Å². The molecule has 26 heteroatoms. The summed E-state index contributed by atoms with van der Waals surface area (Å²) in [5.41, 5.74) is 12.5. The fraction of sp³-hybridized carbons (Fsp3) is 0.304. The van der Waals surface area contributed by atoms with E-state index in [0.717, 1.165) is 63.8 Å². The van der Waals surface area contributed by atoms with Gasteiger partial charge in [0.2, 0.25) is 0 Å². The Morgan fingerprint density at radius 1 is 0.261 bits per heavy atom. The van der Waals surface area contributed by atoms with E-state index < -0.39 is 0 Å². The van der Waals surface area contributed by atoms with Crippen molar-refractivity contribution >= 4 is 35.8 Å². The summed E-state index contributed by atoms with van der Waals surface area (Å²) < 4.78 is 153. The van der Waals surface area contributed by atoms with Gasteiger partial charge in [0.05, 0.1) is 18.8 Å². The summed E-state index contributed by atoms with van der Waals surface area (Å²) in [5, 5.41) is 9.46. The fourth-order valence-corrected chi connectivity index (χ4v) is 12.9. The molecule has 1 saturated carbocycles. The predicted molar refractivity (Wildman–Crippen MR) is 515 cm³/mol. The second-order valence-electron chi connectivity index (χ2n) is 31.8. The van der Waals surface area contributed by atoms with Crippen LogP contribution < -0.4 is 61.6 Å². The van der Waals surface area contributed by atoms with Crippen molar-refractivity contribution in [3.8, 4) is 74.7 Å². The Kier molecular flexibility index (Phi) is 43.9. The molecule has 1 fully saturated rings. The van der Waals surface area contributed by atoms with Gasteiger partial charge < -0.3 is 66.7 Å². The van der Waals surface area contributed by atoms with Gasteiger partial charge in [0.15, 0.2) is 0 Å². The zero-order chi connectivity index (χ0) is 100. The van der Waals surface area contributed by atoms with Gasteiger partial charge in [-0.15, -0.1) is 0 Å². The third-order valence-corrected chi connectivity index (χ3v) is 21.6. The van der Waals surface area contributed by atoms with E-state index >= 15 is 0 Å². The second kappa shape index (κ2) is 55.6. The van der Waals surface area contributed by atoms with E-state index in [1.807, 2.05) is 70.2 Å². The fourth-order valence-electron chi connectivity index (χ4n) is 12.9. The van der Waals surface area contributed by atoms with E-state index in [2.05, 4.69) is 6.07 Å². The molecule has 0 aromatic heterocycles. The number of carbonyl (C=O) groups is 6. The minimum atomic E-state index is -0.372. The maximum absolute atomic E-state index is 13.7. The van der Waals surface area contributed by atoms with Gasteiger partial charge in [0.25, 0.3) is 0 Å². The van der Waals surface area contributed by atoms with E-state index in [9.17, 15) is 60.2 Å². The Morgan fingerprint density at radius 3 is 0.768 bits per heavy atom. The van der Waals surface area contributed by atoms with Gasteiger partial charge in [-0.3, -0.25) is 28.8 Å². The average molecular weight is 1900 g/mol. The summed E-state index contributed by atoms with van der Waals surface area (Å²) in [4.78, 5) is 69.3. The van der Waals surface area contributed by atoms with Crippen LogP contribution in [0.5, 0.6) is 74.7 Å². The zero-order valence-electron chi connectivity index (χ0n) is 80.9. The van der Waals surface area contributed by atoms with Crippen molar-refractivity contribution < 1.29 is 122 Å². The molecule has 0 amide bonds. The molecule has 730 valence electrons. The van der Waals surface area contributed by atoms with Crippen molar-refractivity contribution in [3.63, 3.8) is 0 Å². The highest BCUT2D eigenvalue weighted by Crippen LogP contribution is 2.45. The molecular weight excluding hydrogens is 1780 g/mol. The predicted octanol–water partition coefficient (Wildman–Crippen LogP) is 26.1. The van der Waals surface area contributed by atoms with Crippen molar-refractivity contribution in [2.75, 3.05) is 6.61 Å². The van der Waals surface area contributed by atoms with Gasteiger partial charge in [0.1, 0.15) is 149 Å². The first-order valence-corrected chi connectivity index (χ1v) is 45.7. The third kappa shape index (κ3) is 34.1. The first-order valence-electron chi connectivity index (χ1n) is 45.7. The van der Waals surface area contributed by atoms with Crippen molar-refractivity contribution in [3.05, 3.63) is 348 Å². The highest BCUT2D eigenvalue weighted by molar-refractivity contribution is 5.76. The number of rotatable bonds is 35. The Labute approximate surface area is 803 Å². The molecule has 20 nitrogen and oxygen atoms in total. The molecule has 138 heavy (non-hydrogen) atoms. The standard InChI is InChI=1S/C20H21FO3.C19H21FO4.C19H21FO3.C18H19FO4.2C18H19FO3/c1-3-20(22)24-19-6-4-5-16(14-8-9-14)17(19)12-23-15-10-7-13(2)18(21)11-15;1-4-19(21)24-18-8-6-7-17(22-5-2)15(18)12-23-14-10-9-13(3)16(20)11-14;1-4-14-7-6-8-18(23-19(21)5-2)16(14)12-22-15-10-9-13(3)17(20)11-15;1-3-18(21)23-17-6-4-5-13(10-20)15(17)11-22-14-8-7-12(2)16(19)9-14;2*1-4-18(20)22-17-7-5-6-12(2)15(17)11-21-14-9-8-13(3)16(19)10-14/h4-7,10-11,14H,3,8-9,12H2,1-2H3;6-11H,4-5,12H2,1-3H3;6-11H,4-5,12H2,1-3H3;4-9,20H,3,10-11H2,1-2H3;2*5-10H,4,11H2,1-3H3. The lowest BCUT2D eigenvalue weighted by Gasteiger charge is -2.15. The average Bonchev–Trinajstić information content (AvgIpc) is 1.65. The molecule has 0 aliphatic heterocycles. The number of aryl methyl sites for hydroxylation is 9. The number of esters is 6. The number of hydrogen-bond acceptors (Lipinski definition) is 20. The van der Waals surface area contributed by atoms with Crippen LogP contribution in [0.2, 0.25) is 0 Å². The highest BCUT2D eigenvalue weighted by atomic mass is 19.1. The number of benzene rings is 12. The van der Waals surface area contributed by atoms with E-state index in [1.165, 1.54) is 36.4 Å². The Morgan fingerprint density at radius 2 is 0.493 bits per heavy atom. The molecule has 0 unspecified atom stereocenters. The van der Waals surface area contributed by atoms with Crippen LogP contribution in [0.15, 0.2) is 218 Å². The number of ether oxygens (including phenoxy) is 13. The summed E-state index contributed by atoms with van der Waals surface area (Å²) in [6.07, 6.45) is 4.80. The molecule has 0 atom stereocenters. The van der Waals surface area contributed by atoms with Gasteiger partial charge in [-0.2, -0.15) is 0 Å². The monoisotopic (exact) mass is 1900 g/mol. The summed E-state index contributed by atoms with van der Waals surface area (Å²) in [7, 11) is 0. The second-order valence-corrected chi connectivity index (χ2v) is 31.8. The van der Waals surface area contributed by atoms with Gasteiger partial charge in [-0.05, 0) is 228 Å². The van der Waals surface area contributed by atoms with Crippen LogP contribution in [0.4, 0.5) is 26.3 Å². The largest absolute Gasteiger partial charge is 0.493 e. The van der Waals surface area contributed by atoms with E-state index in [4.69, 9.17) is 61.6 Å². The van der Waals surface area contributed by atoms with Gasteiger partial charge in [0, 0.05) is 103 Å². The molecule has 12 aromatic carbocycles. The number of hydrogen-bond donors (Lipinski definition) is 1. The Bertz CT molecular complexity index is 5870. The molecule has 12 aromatic rings. The normalized spacial score (nSPS) is 10.9. The van der Waals surface area contributed by atoms with Crippen LogP contribution in [0.1, 0.15) is 207 Å². The first-order chi connectivity index (χ1) is 66.2. The summed E-state index contributed by atoms with van der Waals surface area (Å²) in [6.45, 7) is 29.6. The van der Waals surface area contributed by atoms with E-state index in [1.54, 1.807) is 217 Å². The minimum absolute atomic E-state index is 0.0611. The van der Waals surface area contributed by atoms with Crippen LogP contribution in [-0.4, -0.2) is 47.5 Å². The minimum Gasteiger partial charge on any atom is -0.493 e. The van der Waals surface area contributed by atoms with Crippen molar-refractivity contribution in [2.45, 2.75) is 221 Å². The first kappa shape index (κ1) is 109. The number of halogens is 6. The molecule has 0 heterocycles. The maximum atomic E-state index is 13.7. The smallest absolute Gasteiger partial charge is 0.310 e. The van der Waals surface area contributed by atoms with Gasteiger partial charge in [-0.25, -0.2) is 26.3 Å². The lowest BCUT2D eigenvalue weighted by molar-refractivity contribution is -0.135. The van der Waals surface area contributed by atoms with Crippen molar-refractivity contribution in [1.29, 1.82) is 0 Å². The van der Waals surface area contributed by atoms with Crippen LogP contribution >= 0.6 is 0 Å². The van der Waals surface area contributed by atoms with Crippen molar-refractivity contribution in [2.24, 2.45) is 0 Å². The number of carbonyl (C=O) groups excluding carboxylic acids is 6. The van der Waals surface area contributed by atoms with Crippen LogP contribution in [0, 0.1) is 90.3 Å². The topological polar surface area (TPSA) is 243 Å². The molecule has 0 saturated heterocycles. The third-order valence-electron chi connectivity index (χ3n) is 21.6. The van der Waals surface area contributed by atoms with Crippen LogP contribution in [0.3, 0.4) is 0 Å². The van der Waals surface area contributed by atoms with Crippen LogP contribution in [0.25, 0.3) is 0 Å². The molecule has 13 rings (SSSR count). The Balaban J connectivity index is 0.000000203. The molecule has 1 aliphatic carbocycles.